The first kappa shape index (κ1) is 20.3. The van der Waals surface area contributed by atoms with Crippen LogP contribution in [0.3, 0.4) is 0 Å². The average Bonchev–Trinajstić information content (AvgIpc) is 2.63. The van der Waals surface area contributed by atoms with Crippen LogP contribution in [0, 0.1) is 5.92 Å². The molecule has 0 aliphatic carbocycles. The Morgan fingerprint density at radius 1 is 1.27 bits per heavy atom. The fourth-order valence-corrected chi connectivity index (χ4v) is 4.00. The molecule has 1 heterocycles. The lowest BCUT2D eigenvalue weighted by Gasteiger charge is -2.22. The van der Waals surface area contributed by atoms with Gasteiger partial charge in [-0.3, -0.25) is 0 Å². The quantitative estimate of drug-likeness (QED) is 0.738. The van der Waals surface area contributed by atoms with Gasteiger partial charge in [-0.15, -0.1) is 0 Å². The van der Waals surface area contributed by atoms with Crippen molar-refractivity contribution in [3.8, 4) is 0 Å². The van der Waals surface area contributed by atoms with Gasteiger partial charge < -0.3 is 10.5 Å². The van der Waals surface area contributed by atoms with Gasteiger partial charge >= 0.3 is 5.97 Å². The Labute approximate surface area is 154 Å². The second-order valence-electron chi connectivity index (χ2n) is 6.53. The van der Waals surface area contributed by atoms with Gasteiger partial charge in [0.25, 0.3) is 0 Å². The summed E-state index contributed by atoms with van der Waals surface area (Å²) in [5, 5.41) is 0.871. The monoisotopic (exact) mass is 379 g/mol. The van der Waals surface area contributed by atoms with Crippen LogP contribution < -0.4 is 5.73 Å². The lowest BCUT2D eigenvalue weighted by Crippen LogP contribution is -2.34. The standard InChI is InChI=1S/C18H25N3O4S/c1-12(2)15(19)9-11-21(3)26(23,24)16-7-5-6-14-13(16)8-10-20-17(14)18(22)25-4/h5-8,10,12,15H,9,11,19H2,1-4H3. The minimum atomic E-state index is -3.74. The molecule has 0 aliphatic heterocycles. The topological polar surface area (TPSA) is 103 Å². The van der Waals surface area contributed by atoms with E-state index in [9.17, 15) is 13.2 Å². The number of aromatic nitrogens is 1. The molecule has 142 valence electrons. The maximum atomic E-state index is 13.0. The Kier molecular flexibility index (Phi) is 6.33. The van der Waals surface area contributed by atoms with Crippen LogP contribution in [0.15, 0.2) is 35.4 Å². The molecule has 0 bridgehead atoms. The van der Waals surface area contributed by atoms with Gasteiger partial charge in [0.2, 0.25) is 10.0 Å². The lowest BCUT2D eigenvalue weighted by atomic mass is 10.0. The van der Waals surface area contributed by atoms with E-state index in [1.54, 1.807) is 18.2 Å². The van der Waals surface area contributed by atoms with E-state index >= 15 is 0 Å². The van der Waals surface area contributed by atoms with E-state index < -0.39 is 16.0 Å². The third-order valence-electron chi connectivity index (χ3n) is 4.47. The summed E-state index contributed by atoms with van der Waals surface area (Å²) >= 11 is 0. The molecule has 1 atom stereocenters. The van der Waals surface area contributed by atoms with Crippen LogP contribution in [-0.2, 0) is 14.8 Å². The predicted octanol–water partition coefficient (Wildman–Crippen LogP) is 2.02. The molecule has 0 saturated carbocycles. The normalized spacial score (nSPS) is 13.3. The SMILES string of the molecule is COC(=O)c1nccc2c(S(=O)(=O)N(C)CCC(N)C(C)C)cccc12. The Hall–Kier alpha value is -2.03. The van der Waals surface area contributed by atoms with E-state index in [4.69, 9.17) is 10.5 Å². The van der Waals surface area contributed by atoms with Crippen LogP contribution in [0.2, 0.25) is 0 Å². The molecule has 7 nitrogen and oxygen atoms in total. The molecule has 26 heavy (non-hydrogen) atoms. The fraction of sp³-hybridized carbons (Fsp3) is 0.444. The number of pyridine rings is 1. The summed E-state index contributed by atoms with van der Waals surface area (Å²) in [4.78, 5) is 16.1. The molecule has 1 unspecified atom stereocenters. The number of esters is 1. The molecule has 2 aromatic rings. The number of rotatable bonds is 7. The van der Waals surface area contributed by atoms with Crippen LogP contribution in [0.25, 0.3) is 10.8 Å². The van der Waals surface area contributed by atoms with Crippen molar-refractivity contribution in [3.05, 3.63) is 36.2 Å². The van der Waals surface area contributed by atoms with E-state index in [-0.39, 0.29) is 22.5 Å². The van der Waals surface area contributed by atoms with Crippen LogP contribution in [0.5, 0.6) is 0 Å². The van der Waals surface area contributed by atoms with Crippen molar-refractivity contribution >= 4 is 26.8 Å². The molecule has 0 spiro atoms. The molecule has 8 heteroatoms. The number of ether oxygens (including phenoxy) is 1. The Bertz CT molecular complexity index is 896. The van der Waals surface area contributed by atoms with Gasteiger partial charge in [0, 0.05) is 36.6 Å². The second kappa shape index (κ2) is 8.11. The highest BCUT2D eigenvalue weighted by Crippen LogP contribution is 2.27. The Morgan fingerprint density at radius 2 is 1.96 bits per heavy atom. The highest BCUT2D eigenvalue weighted by atomic mass is 32.2. The van der Waals surface area contributed by atoms with Crippen LogP contribution in [-0.4, -0.2) is 50.4 Å². The van der Waals surface area contributed by atoms with E-state index in [1.807, 2.05) is 13.8 Å². The van der Waals surface area contributed by atoms with E-state index in [0.29, 0.717) is 23.7 Å². The average molecular weight is 379 g/mol. The third kappa shape index (κ3) is 4.03. The number of methoxy groups -OCH3 is 1. The van der Waals surface area contributed by atoms with Crippen LogP contribution in [0.4, 0.5) is 0 Å². The number of sulfonamides is 1. The third-order valence-corrected chi connectivity index (χ3v) is 6.38. The maximum absolute atomic E-state index is 13.0. The van der Waals surface area contributed by atoms with E-state index in [0.717, 1.165) is 0 Å². The largest absolute Gasteiger partial charge is 0.464 e. The fourth-order valence-electron chi connectivity index (χ4n) is 2.61. The molecular formula is C18H25N3O4S. The summed E-state index contributed by atoms with van der Waals surface area (Å²) < 4.78 is 32.1. The van der Waals surface area contributed by atoms with E-state index in [2.05, 4.69) is 4.98 Å². The first-order valence-electron chi connectivity index (χ1n) is 8.38. The number of fused-ring (bicyclic) bond motifs is 1. The van der Waals surface area contributed by atoms with Crippen LogP contribution in [0.1, 0.15) is 30.8 Å². The number of nitrogens with zero attached hydrogens (tertiary/aromatic N) is 2. The summed E-state index contributed by atoms with van der Waals surface area (Å²) in [5.41, 5.74) is 6.11. The van der Waals surface area contributed by atoms with Gasteiger partial charge in [0.05, 0.1) is 12.0 Å². The highest BCUT2D eigenvalue weighted by Gasteiger charge is 2.25. The number of carbonyl (C=O) groups excluding carboxylic acids is 1. The molecule has 0 fully saturated rings. The minimum absolute atomic E-state index is 0.0738. The van der Waals surface area contributed by atoms with Gasteiger partial charge in [0.15, 0.2) is 5.69 Å². The summed E-state index contributed by atoms with van der Waals surface area (Å²) in [6.07, 6.45) is 1.97. The van der Waals surface area contributed by atoms with Crippen molar-refractivity contribution in [1.82, 2.24) is 9.29 Å². The Morgan fingerprint density at radius 3 is 2.58 bits per heavy atom. The minimum Gasteiger partial charge on any atom is -0.464 e. The molecule has 0 amide bonds. The molecule has 0 saturated heterocycles. The molecular weight excluding hydrogens is 354 g/mol. The molecule has 1 aromatic carbocycles. The number of nitrogens with two attached hydrogens (primary N) is 1. The number of benzene rings is 1. The van der Waals surface area contributed by atoms with Crippen molar-refractivity contribution in [3.63, 3.8) is 0 Å². The lowest BCUT2D eigenvalue weighted by molar-refractivity contribution is 0.0596. The van der Waals surface area contributed by atoms with E-state index in [1.165, 1.54) is 30.7 Å². The van der Waals surface area contributed by atoms with Crippen molar-refractivity contribution < 1.29 is 17.9 Å². The van der Waals surface area contributed by atoms with Gasteiger partial charge in [0.1, 0.15) is 0 Å². The number of hydrogen-bond donors (Lipinski definition) is 1. The zero-order valence-corrected chi connectivity index (χ0v) is 16.3. The first-order valence-corrected chi connectivity index (χ1v) is 9.82. The van der Waals surface area contributed by atoms with Gasteiger partial charge in [-0.25, -0.2) is 22.5 Å². The molecule has 0 aliphatic rings. The summed E-state index contributed by atoms with van der Waals surface area (Å²) in [7, 11) is -0.948. The highest BCUT2D eigenvalue weighted by molar-refractivity contribution is 7.89. The number of carbonyl (C=O) groups is 1. The smallest absolute Gasteiger partial charge is 0.357 e. The van der Waals surface area contributed by atoms with Crippen molar-refractivity contribution in [1.29, 1.82) is 0 Å². The number of hydrogen-bond acceptors (Lipinski definition) is 6. The predicted molar refractivity (Wildman–Crippen MR) is 100 cm³/mol. The molecule has 2 N–H and O–H groups in total. The second-order valence-corrected chi connectivity index (χ2v) is 8.54. The zero-order chi connectivity index (χ0) is 19.5. The van der Waals surface area contributed by atoms with Gasteiger partial charge in [-0.2, -0.15) is 0 Å². The Balaban J connectivity index is 2.44. The molecule has 1 aromatic heterocycles. The van der Waals surface area contributed by atoms with Gasteiger partial charge in [-0.1, -0.05) is 26.0 Å². The summed E-state index contributed by atoms with van der Waals surface area (Å²) in [6, 6.07) is 6.29. The van der Waals surface area contributed by atoms with Crippen molar-refractivity contribution in [2.75, 3.05) is 20.7 Å². The summed E-state index contributed by atoms with van der Waals surface area (Å²) in [5.74, 6) is -0.334. The van der Waals surface area contributed by atoms with Crippen molar-refractivity contribution in [2.24, 2.45) is 11.7 Å². The zero-order valence-electron chi connectivity index (χ0n) is 15.5. The van der Waals surface area contributed by atoms with Crippen molar-refractivity contribution in [2.45, 2.75) is 31.2 Å². The molecule has 2 rings (SSSR count). The maximum Gasteiger partial charge on any atom is 0.357 e. The van der Waals surface area contributed by atoms with Gasteiger partial charge in [-0.05, 0) is 24.5 Å². The summed E-state index contributed by atoms with van der Waals surface area (Å²) in [6.45, 7) is 4.32. The first-order chi connectivity index (χ1) is 12.2. The van der Waals surface area contributed by atoms with Crippen LogP contribution >= 0.6 is 0 Å². The molecule has 0 radical (unpaired) electrons.